The summed E-state index contributed by atoms with van der Waals surface area (Å²) in [6.07, 6.45) is 0.760. The SMILES string of the molecule is Cc1cc(Cl)ccc1CB1OC(C)(C)C(C)(C)O1. The van der Waals surface area contributed by atoms with Crippen molar-refractivity contribution in [3.63, 3.8) is 0 Å². The van der Waals surface area contributed by atoms with Gasteiger partial charge in [-0.2, -0.15) is 0 Å². The van der Waals surface area contributed by atoms with Crippen LogP contribution in [-0.4, -0.2) is 18.3 Å². The minimum atomic E-state index is -0.266. The van der Waals surface area contributed by atoms with Gasteiger partial charge in [-0.25, -0.2) is 0 Å². The van der Waals surface area contributed by atoms with Gasteiger partial charge in [0.25, 0.3) is 0 Å². The number of hydrogen-bond donors (Lipinski definition) is 0. The summed E-state index contributed by atoms with van der Waals surface area (Å²) in [4.78, 5) is 0. The topological polar surface area (TPSA) is 18.5 Å². The van der Waals surface area contributed by atoms with E-state index in [1.165, 1.54) is 11.1 Å². The first-order chi connectivity index (χ1) is 8.21. The van der Waals surface area contributed by atoms with E-state index in [1.807, 2.05) is 18.2 Å². The van der Waals surface area contributed by atoms with E-state index in [4.69, 9.17) is 20.9 Å². The van der Waals surface area contributed by atoms with Crippen LogP contribution < -0.4 is 0 Å². The molecule has 2 rings (SSSR count). The van der Waals surface area contributed by atoms with E-state index in [9.17, 15) is 0 Å². The average molecular weight is 267 g/mol. The fourth-order valence-electron chi connectivity index (χ4n) is 2.12. The Hall–Kier alpha value is -0.505. The molecule has 1 saturated heterocycles. The molecule has 0 saturated carbocycles. The van der Waals surface area contributed by atoms with Crippen molar-refractivity contribution in [1.29, 1.82) is 0 Å². The van der Waals surface area contributed by atoms with Gasteiger partial charge in [0.05, 0.1) is 11.2 Å². The zero-order valence-electron chi connectivity index (χ0n) is 11.7. The number of hydrogen-bond acceptors (Lipinski definition) is 2. The van der Waals surface area contributed by atoms with Crippen LogP contribution in [0.15, 0.2) is 18.2 Å². The molecule has 0 bridgehead atoms. The maximum absolute atomic E-state index is 6.00. The third-order valence-electron chi connectivity index (χ3n) is 3.99. The van der Waals surface area contributed by atoms with Gasteiger partial charge < -0.3 is 9.31 Å². The van der Waals surface area contributed by atoms with Gasteiger partial charge in [-0.3, -0.25) is 0 Å². The summed E-state index contributed by atoms with van der Waals surface area (Å²) in [7, 11) is -0.185. The number of rotatable bonds is 2. The Bertz CT molecular complexity index is 441. The highest BCUT2D eigenvalue weighted by atomic mass is 35.5. The summed E-state index contributed by atoms with van der Waals surface area (Å²) < 4.78 is 12.0. The van der Waals surface area contributed by atoms with Gasteiger partial charge in [0.2, 0.25) is 0 Å². The van der Waals surface area contributed by atoms with Gasteiger partial charge >= 0.3 is 7.12 Å². The molecular weight excluding hydrogens is 246 g/mol. The van der Waals surface area contributed by atoms with Crippen molar-refractivity contribution < 1.29 is 9.31 Å². The first kappa shape index (κ1) is 13.9. The Balaban J connectivity index is 2.12. The zero-order chi connectivity index (χ0) is 13.6. The van der Waals surface area contributed by atoms with E-state index < -0.39 is 0 Å². The molecule has 0 N–H and O–H groups in total. The monoisotopic (exact) mass is 266 g/mol. The van der Waals surface area contributed by atoms with Crippen molar-refractivity contribution in [3.8, 4) is 0 Å². The van der Waals surface area contributed by atoms with E-state index in [-0.39, 0.29) is 18.3 Å². The molecule has 0 radical (unpaired) electrons. The molecule has 0 unspecified atom stereocenters. The largest absolute Gasteiger partial charge is 0.462 e. The van der Waals surface area contributed by atoms with Gasteiger partial charge in [-0.1, -0.05) is 17.7 Å². The smallest absolute Gasteiger partial charge is 0.403 e. The molecule has 1 aliphatic rings. The molecular formula is C14H20BClO2. The average Bonchev–Trinajstić information content (AvgIpc) is 2.40. The van der Waals surface area contributed by atoms with Crippen molar-refractivity contribution >= 4 is 18.7 Å². The van der Waals surface area contributed by atoms with E-state index in [1.54, 1.807) is 0 Å². The third kappa shape index (κ3) is 2.58. The normalized spacial score (nSPS) is 21.3. The summed E-state index contributed by atoms with van der Waals surface area (Å²) in [5.74, 6) is 0. The van der Waals surface area contributed by atoms with Gasteiger partial charge in [0, 0.05) is 11.3 Å². The molecule has 2 nitrogen and oxygen atoms in total. The van der Waals surface area contributed by atoms with Crippen LogP contribution in [0.25, 0.3) is 0 Å². The van der Waals surface area contributed by atoms with E-state index >= 15 is 0 Å². The fourth-order valence-corrected chi connectivity index (χ4v) is 2.34. The fraction of sp³-hybridized carbons (Fsp3) is 0.571. The van der Waals surface area contributed by atoms with Gasteiger partial charge in [-0.05, 0) is 57.9 Å². The van der Waals surface area contributed by atoms with Crippen LogP contribution >= 0.6 is 11.6 Å². The highest BCUT2D eigenvalue weighted by Gasteiger charge is 2.50. The number of halogens is 1. The Kier molecular flexibility index (Phi) is 3.52. The number of aryl methyl sites for hydroxylation is 1. The van der Waals surface area contributed by atoms with E-state index in [0.29, 0.717) is 0 Å². The highest BCUT2D eigenvalue weighted by molar-refractivity contribution is 6.45. The summed E-state index contributed by atoms with van der Waals surface area (Å²) in [6.45, 7) is 10.3. The molecule has 0 amide bonds. The van der Waals surface area contributed by atoms with Crippen molar-refractivity contribution in [1.82, 2.24) is 0 Å². The molecule has 1 fully saturated rings. The molecule has 1 aromatic carbocycles. The van der Waals surface area contributed by atoms with E-state index in [0.717, 1.165) is 11.3 Å². The molecule has 98 valence electrons. The molecule has 1 aliphatic heterocycles. The second kappa shape index (κ2) is 4.55. The molecule has 18 heavy (non-hydrogen) atoms. The molecule has 0 aliphatic carbocycles. The minimum Gasteiger partial charge on any atom is -0.403 e. The first-order valence-corrected chi connectivity index (χ1v) is 6.70. The van der Waals surface area contributed by atoms with Crippen LogP contribution in [0.1, 0.15) is 38.8 Å². The maximum Gasteiger partial charge on any atom is 0.462 e. The van der Waals surface area contributed by atoms with Crippen LogP contribution in [0.2, 0.25) is 5.02 Å². The van der Waals surface area contributed by atoms with Gasteiger partial charge in [0.1, 0.15) is 0 Å². The predicted octanol–water partition coefficient (Wildman–Crippen LogP) is 3.82. The third-order valence-corrected chi connectivity index (χ3v) is 4.23. The van der Waals surface area contributed by atoms with Crippen molar-refractivity contribution in [3.05, 3.63) is 34.3 Å². The van der Waals surface area contributed by atoms with Crippen molar-refractivity contribution in [2.45, 2.75) is 52.1 Å². The summed E-state index contributed by atoms with van der Waals surface area (Å²) in [5, 5.41) is 0.769. The lowest BCUT2D eigenvalue weighted by Crippen LogP contribution is -2.41. The minimum absolute atomic E-state index is 0.185. The molecule has 0 spiro atoms. The highest BCUT2D eigenvalue weighted by Crippen LogP contribution is 2.37. The van der Waals surface area contributed by atoms with Crippen molar-refractivity contribution in [2.75, 3.05) is 0 Å². The second-order valence-corrected chi connectivity index (χ2v) is 6.40. The lowest BCUT2D eigenvalue weighted by atomic mass is 9.79. The number of benzene rings is 1. The Morgan fingerprint density at radius 3 is 2.17 bits per heavy atom. The lowest BCUT2D eigenvalue weighted by Gasteiger charge is -2.32. The molecule has 0 atom stereocenters. The second-order valence-electron chi connectivity index (χ2n) is 5.96. The van der Waals surface area contributed by atoms with Crippen LogP contribution in [0.4, 0.5) is 0 Å². The first-order valence-electron chi connectivity index (χ1n) is 6.32. The molecule has 4 heteroatoms. The quantitative estimate of drug-likeness (QED) is 0.758. The predicted molar refractivity (Wildman–Crippen MR) is 76.0 cm³/mol. The molecule has 0 aromatic heterocycles. The Labute approximate surface area is 115 Å². The van der Waals surface area contributed by atoms with Crippen LogP contribution in [0.3, 0.4) is 0 Å². The van der Waals surface area contributed by atoms with Gasteiger partial charge in [0.15, 0.2) is 0 Å². The lowest BCUT2D eigenvalue weighted by molar-refractivity contribution is 0.00578. The van der Waals surface area contributed by atoms with E-state index in [2.05, 4.69) is 34.6 Å². The zero-order valence-corrected chi connectivity index (χ0v) is 12.5. The van der Waals surface area contributed by atoms with Gasteiger partial charge in [-0.15, -0.1) is 0 Å². The van der Waals surface area contributed by atoms with Crippen molar-refractivity contribution in [2.24, 2.45) is 0 Å². The van der Waals surface area contributed by atoms with Crippen LogP contribution in [0.5, 0.6) is 0 Å². The van der Waals surface area contributed by atoms with Crippen LogP contribution in [0, 0.1) is 6.92 Å². The van der Waals surface area contributed by atoms with Crippen LogP contribution in [-0.2, 0) is 15.6 Å². The maximum atomic E-state index is 6.00. The Morgan fingerprint density at radius 1 is 1.11 bits per heavy atom. The summed E-state index contributed by atoms with van der Waals surface area (Å²) in [6, 6.07) is 5.93. The molecule has 1 aromatic rings. The summed E-state index contributed by atoms with van der Waals surface area (Å²) in [5.41, 5.74) is 1.87. The Morgan fingerprint density at radius 2 is 1.67 bits per heavy atom. The summed E-state index contributed by atoms with van der Waals surface area (Å²) >= 11 is 5.96. The standard InChI is InChI=1S/C14H20BClO2/c1-10-8-12(16)7-6-11(10)9-15-17-13(2,3)14(4,5)18-15/h6-8H,9H2,1-5H3. The molecule has 1 heterocycles.